The number of aromatic nitrogens is 2. The van der Waals surface area contributed by atoms with Gasteiger partial charge < -0.3 is 20.4 Å². The number of nitrogens with one attached hydrogen (secondary N) is 2. The van der Waals surface area contributed by atoms with Crippen LogP contribution in [0.25, 0.3) is 12.2 Å². The summed E-state index contributed by atoms with van der Waals surface area (Å²) in [6.45, 7) is 5.11. The van der Waals surface area contributed by atoms with Crippen molar-refractivity contribution in [3.8, 4) is 0 Å². The molecule has 2 atom stereocenters. The lowest BCUT2D eigenvalue weighted by Gasteiger charge is -2.24. The van der Waals surface area contributed by atoms with Crippen molar-refractivity contribution in [2.24, 2.45) is 0 Å². The van der Waals surface area contributed by atoms with Crippen LogP contribution in [0.1, 0.15) is 82.8 Å². The fourth-order valence-corrected chi connectivity index (χ4v) is 6.48. The Balaban J connectivity index is 1.01. The van der Waals surface area contributed by atoms with E-state index in [2.05, 4.69) is 20.6 Å². The SMILES string of the molecule is CCc1ccnc(C(=O)N2CCC[C@H]2C(=O)Nc2ccc(/C=C/c3ccc(NC(=O)[C@@H]4CCCN4C(=O)c4cc(CC)ccn4)cc3)cc2)c1. The average molecular weight is 671 g/mol. The molecule has 0 spiro atoms. The van der Waals surface area contributed by atoms with Gasteiger partial charge in [0.05, 0.1) is 0 Å². The molecule has 6 rings (SSSR count). The molecule has 2 saturated heterocycles. The fourth-order valence-electron chi connectivity index (χ4n) is 6.48. The third-order valence-corrected chi connectivity index (χ3v) is 9.36. The second kappa shape index (κ2) is 15.7. The topological polar surface area (TPSA) is 125 Å². The van der Waals surface area contributed by atoms with Crippen LogP contribution in [0, 0.1) is 0 Å². The van der Waals surface area contributed by atoms with Crippen LogP contribution in [0.2, 0.25) is 0 Å². The van der Waals surface area contributed by atoms with E-state index in [-0.39, 0.29) is 23.6 Å². The van der Waals surface area contributed by atoms with Crippen molar-refractivity contribution >= 4 is 47.2 Å². The van der Waals surface area contributed by atoms with Crippen LogP contribution in [0.15, 0.2) is 85.2 Å². The van der Waals surface area contributed by atoms with E-state index in [0.717, 1.165) is 47.9 Å². The summed E-state index contributed by atoms with van der Waals surface area (Å²) in [7, 11) is 0. The number of carbonyl (C=O) groups excluding carboxylic acids is 4. The lowest BCUT2D eigenvalue weighted by molar-refractivity contribution is -0.120. The largest absolute Gasteiger partial charge is 0.325 e. The Hall–Kier alpha value is -5.64. The zero-order valence-electron chi connectivity index (χ0n) is 28.5. The molecule has 2 fully saturated rings. The zero-order valence-corrected chi connectivity index (χ0v) is 28.5. The molecule has 4 aromatic rings. The number of amides is 4. The number of benzene rings is 2. The molecule has 2 aliphatic heterocycles. The van der Waals surface area contributed by atoms with E-state index >= 15 is 0 Å². The number of aryl methyl sites for hydroxylation is 2. The quantitative estimate of drug-likeness (QED) is 0.192. The number of likely N-dealkylation sites (tertiary alicyclic amines) is 2. The molecule has 0 saturated carbocycles. The summed E-state index contributed by atoms with van der Waals surface area (Å²) >= 11 is 0. The molecule has 4 heterocycles. The van der Waals surface area contributed by atoms with Crippen molar-refractivity contribution in [1.82, 2.24) is 19.8 Å². The maximum absolute atomic E-state index is 13.2. The van der Waals surface area contributed by atoms with E-state index in [1.807, 2.05) is 86.7 Å². The minimum atomic E-state index is -0.540. The third-order valence-electron chi connectivity index (χ3n) is 9.36. The van der Waals surface area contributed by atoms with Crippen molar-refractivity contribution < 1.29 is 19.2 Å². The number of pyridine rings is 2. The van der Waals surface area contributed by atoms with Gasteiger partial charge in [0.15, 0.2) is 0 Å². The summed E-state index contributed by atoms with van der Waals surface area (Å²) < 4.78 is 0. The van der Waals surface area contributed by atoms with Gasteiger partial charge in [0, 0.05) is 36.9 Å². The van der Waals surface area contributed by atoms with Gasteiger partial charge in [-0.1, -0.05) is 50.3 Å². The maximum atomic E-state index is 13.2. The standard InChI is InChI=1S/C40H42N6O4/c1-3-27-19-21-41-33(25-27)39(49)45-23-5-7-35(45)37(47)43-31-15-11-29(12-16-31)9-10-30-13-17-32(18-14-30)44-38(48)36-8-6-24-46(36)40(50)34-26-28(4-2)20-22-42-34/h9-22,25-26,35-36H,3-8,23-24H2,1-2H3,(H,43,47)(H,44,48)/b10-9+/t35-,36-/m0/s1. The summed E-state index contributed by atoms with van der Waals surface area (Å²) in [6, 6.07) is 21.4. The Kier molecular flexibility index (Phi) is 10.8. The summed E-state index contributed by atoms with van der Waals surface area (Å²) in [5.41, 5.74) is 6.03. The smallest absolute Gasteiger partial charge is 0.273 e. The highest BCUT2D eigenvalue weighted by molar-refractivity contribution is 6.02. The van der Waals surface area contributed by atoms with Gasteiger partial charge in [0.2, 0.25) is 11.8 Å². The van der Waals surface area contributed by atoms with Crippen LogP contribution in [0.3, 0.4) is 0 Å². The molecule has 2 aromatic carbocycles. The first-order valence-corrected chi connectivity index (χ1v) is 17.3. The molecular weight excluding hydrogens is 628 g/mol. The number of nitrogens with zero attached hydrogens (tertiary/aromatic N) is 4. The molecule has 10 heteroatoms. The molecule has 0 unspecified atom stereocenters. The predicted octanol–water partition coefficient (Wildman–Crippen LogP) is 6.26. The van der Waals surface area contributed by atoms with Crippen molar-refractivity contribution in [1.29, 1.82) is 0 Å². The number of hydrogen-bond donors (Lipinski definition) is 2. The van der Waals surface area contributed by atoms with E-state index in [0.29, 0.717) is 48.7 Å². The summed E-state index contributed by atoms with van der Waals surface area (Å²) in [4.78, 5) is 64.5. The van der Waals surface area contributed by atoms with E-state index in [1.54, 1.807) is 34.3 Å². The average Bonchev–Trinajstić information content (AvgIpc) is 3.86. The molecule has 0 aliphatic carbocycles. The Morgan fingerprint density at radius 1 is 0.640 bits per heavy atom. The summed E-state index contributed by atoms with van der Waals surface area (Å²) in [5, 5.41) is 5.94. The van der Waals surface area contributed by atoms with E-state index in [9.17, 15) is 19.2 Å². The van der Waals surface area contributed by atoms with Crippen LogP contribution in [0.4, 0.5) is 11.4 Å². The number of hydrogen-bond acceptors (Lipinski definition) is 6. The molecule has 0 radical (unpaired) electrons. The number of anilines is 2. The lowest BCUT2D eigenvalue weighted by atomic mass is 10.1. The molecule has 10 nitrogen and oxygen atoms in total. The molecule has 0 bridgehead atoms. The second-order valence-corrected chi connectivity index (χ2v) is 12.7. The van der Waals surface area contributed by atoms with Crippen LogP contribution >= 0.6 is 0 Å². The molecule has 2 N–H and O–H groups in total. The van der Waals surface area contributed by atoms with Gasteiger partial charge in [-0.2, -0.15) is 0 Å². The monoisotopic (exact) mass is 670 g/mol. The van der Waals surface area contributed by atoms with Crippen LogP contribution in [-0.2, 0) is 22.4 Å². The van der Waals surface area contributed by atoms with Gasteiger partial charge in [0.25, 0.3) is 11.8 Å². The van der Waals surface area contributed by atoms with E-state index in [4.69, 9.17) is 0 Å². The highest BCUT2D eigenvalue weighted by atomic mass is 16.2. The fraction of sp³-hybridized carbons (Fsp3) is 0.300. The Morgan fingerprint density at radius 2 is 1.04 bits per heavy atom. The Bertz CT molecular complexity index is 1750. The van der Waals surface area contributed by atoms with Crippen molar-refractivity contribution in [3.05, 3.63) is 119 Å². The first-order valence-electron chi connectivity index (χ1n) is 17.3. The van der Waals surface area contributed by atoms with Gasteiger partial charge in [-0.15, -0.1) is 0 Å². The van der Waals surface area contributed by atoms with Crippen molar-refractivity contribution in [3.63, 3.8) is 0 Å². The highest BCUT2D eigenvalue weighted by Crippen LogP contribution is 2.24. The maximum Gasteiger partial charge on any atom is 0.273 e. The number of carbonyl (C=O) groups is 4. The van der Waals surface area contributed by atoms with Crippen LogP contribution in [-0.4, -0.2) is 68.6 Å². The molecular formula is C40H42N6O4. The zero-order chi connectivity index (χ0) is 35.0. The normalized spacial score (nSPS) is 17.2. The summed E-state index contributed by atoms with van der Waals surface area (Å²) in [5.74, 6) is -0.839. The van der Waals surface area contributed by atoms with Crippen LogP contribution in [0.5, 0.6) is 0 Å². The van der Waals surface area contributed by atoms with Gasteiger partial charge in [-0.25, -0.2) is 0 Å². The van der Waals surface area contributed by atoms with Gasteiger partial charge in [-0.05, 0) is 109 Å². The number of rotatable bonds is 10. The molecule has 50 heavy (non-hydrogen) atoms. The van der Waals surface area contributed by atoms with Crippen LogP contribution < -0.4 is 10.6 Å². The van der Waals surface area contributed by atoms with Crippen molar-refractivity contribution in [2.45, 2.75) is 64.5 Å². The minimum absolute atomic E-state index is 0.205. The minimum Gasteiger partial charge on any atom is -0.325 e. The first-order chi connectivity index (χ1) is 24.3. The molecule has 4 amide bonds. The van der Waals surface area contributed by atoms with Gasteiger partial charge >= 0.3 is 0 Å². The molecule has 2 aromatic heterocycles. The lowest BCUT2D eigenvalue weighted by Crippen LogP contribution is -2.43. The van der Waals surface area contributed by atoms with Crippen molar-refractivity contribution in [2.75, 3.05) is 23.7 Å². The summed E-state index contributed by atoms with van der Waals surface area (Å²) in [6.07, 6.45) is 11.6. The Labute approximate surface area is 292 Å². The van der Waals surface area contributed by atoms with E-state index in [1.165, 1.54) is 0 Å². The Morgan fingerprint density at radius 3 is 1.42 bits per heavy atom. The molecule has 256 valence electrons. The van der Waals surface area contributed by atoms with Gasteiger partial charge in [0.1, 0.15) is 23.5 Å². The van der Waals surface area contributed by atoms with Gasteiger partial charge in [-0.3, -0.25) is 29.1 Å². The second-order valence-electron chi connectivity index (χ2n) is 12.7. The van der Waals surface area contributed by atoms with E-state index < -0.39 is 12.1 Å². The first kappa shape index (κ1) is 34.2. The highest BCUT2D eigenvalue weighted by Gasteiger charge is 2.36. The third kappa shape index (κ3) is 7.97. The predicted molar refractivity (Wildman–Crippen MR) is 194 cm³/mol. The molecule has 2 aliphatic rings.